The number of nitrogens with one attached hydrogen (secondary N) is 1. The van der Waals surface area contributed by atoms with E-state index in [-0.39, 0.29) is 5.91 Å². The van der Waals surface area contributed by atoms with Gasteiger partial charge < -0.3 is 10.1 Å². The second kappa shape index (κ2) is 7.61. The molecule has 0 bridgehead atoms. The molecule has 1 N–H and O–H groups in total. The summed E-state index contributed by atoms with van der Waals surface area (Å²) < 4.78 is 6.94. The molecule has 1 aliphatic heterocycles. The number of likely N-dealkylation sites (tertiary alicyclic amines) is 1. The molecule has 4 nitrogen and oxygen atoms in total. The number of hydrogen-bond donors (Lipinski definition) is 1. The van der Waals surface area contributed by atoms with Crippen LogP contribution < -0.4 is 10.1 Å². The first-order valence-corrected chi connectivity index (χ1v) is 8.70. The predicted octanol–water partition coefficient (Wildman–Crippen LogP) is 3.43. The van der Waals surface area contributed by atoms with Gasteiger partial charge in [-0.25, -0.2) is 0 Å². The number of carbonyl (C=O) groups excluding carboxylic acids is 1. The van der Waals surface area contributed by atoms with E-state index in [1.807, 2.05) is 6.07 Å². The smallest absolute Gasteiger partial charge is 0.255 e. The fourth-order valence-corrected chi connectivity index (χ4v) is 4.17. The Morgan fingerprint density at radius 1 is 1.48 bits per heavy atom. The van der Waals surface area contributed by atoms with Crippen molar-refractivity contribution in [1.29, 1.82) is 0 Å². The number of carbonyl (C=O) groups is 1. The largest absolute Gasteiger partial charge is 0.495 e. The van der Waals surface area contributed by atoms with E-state index in [1.54, 1.807) is 13.2 Å². The summed E-state index contributed by atoms with van der Waals surface area (Å²) in [6.07, 6.45) is 2.35. The van der Waals surface area contributed by atoms with Gasteiger partial charge in [0.1, 0.15) is 5.75 Å². The molecule has 1 unspecified atom stereocenters. The lowest BCUT2D eigenvalue weighted by Crippen LogP contribution is -2.40. The van der Waals surface area contributed by atoms with Gasteiger partial charge in [-0.3, -0.25) is 9.69 Å². The molecule has 1 fully saturated rings. The van der Waals surface area contributed by atoms with Crippen molar-refractivity contribution < 1.29 is 9.53 Å². The number of halogens is 2. The Bertz CT molecular complexity index is 523. The lowest BCUT2D eigenvalue weighted by atomic mass is 10.1. The number of ether oxygens (including phenoxy) is 1. The van der Waals surface area contributed by atoms with Crippen molar-refractivity contribution in [2.75, 3.05) is 26.7 Å². The second-order valence-electron chi connectivity index (χ2n) is 5.10. The lowest BCUT2D eigenvalue weighted by Gasteiger charge is -2.23. The molecule has 0 spiro atoms. The molecule has 116 valence electrons. The third kappa shape index (κ3) is 3.99. The van der Waals surface area contributed by atoms with Crippen LogP contribution in [0.4, 0.5) is 0 Å². The molecule has 1 heterocycles. The average molecular weight is 420 g/mol. The number of methoxy groups -OCH3 is 1. The van der Waals surface area contributed by atoms with Gasteiger partial charge in [0.05, 0.1) is 17.1 Å². The third-order valence-electron chi connectivity index (χ3n) is 3.86. The zero-order valence-electron chi connectivity index (χ0n) is 12.3. The number of likely N-dealkylation sites (N-methyl/N-ethyl adjacent to an activating group) is 1. The molecule has 0 aromatic heterocycles. The minimum absolute atomic E-state index is 0.100. The maximum absolute atomic E-state index is 12.4. The zero-order valence-corrected chi connectivity index (χ0v) is 15.5. The molecule has 1 atom stereocenters. The van der Waals surface area contributed by atoms with Crippen molar-refractivity contribution in [3.63, 3.8) is 0 Å². The van der Waals surface area contributed by atoms with Crippen LogP contribution in [0.15, 0.2) is 21.1 Å². The number of nitrogens with zero attached hydrogens (tertiary/aromatic N) is 1. The molecule has 21 heavy (non-hydrogen) atoms. The van der Waals surface area contributed by atoms with E-state index < -0.39 is 0 Å². The summed E-state index contributed by atoms with van der Waals surface area (Å²) >= 11 is 6.83. The fourth-order valence-electron chi connectivity index (χ4n) is 2.78. The van der Waals surface area contributed by atoms with Gasteiger partial charge in [-0.2, -0.15) is 0 Å². The first-order chi connectivity index (χ1) is 10.1. The van der Waals surface area contributed by atoms with Crippen LogP contribution in [0.1, 0.15) is 30.1 Å². The molecule has 1 aromatic carbocycles. The normalized spacial score (nSPS) is 18.8. The minimum atomic E-state index is -0.100. The van der Waals surface area contributed by atoms with Crippen molar-refractivity contribution in [1.82, 2.24) is 10.2 Å². The van der Waals surface area contributed by atoms with E-state index in [2.05, 4.69) is 49.0 Å². The molecule has 0 aliphatic carbocycles. The van der Waals surface area contributed by atoms with E-state index in [9.17, 15) is 4.79 Å². The topological polar surface area (TPSA) is 41.6 Å². The van der Waals surface area contributed by atoms with E-state index >= 15 is 0 Å². The maximum atomic E-state index is 12.4. The van der Waals surface area contributed by atoms with Crippen molar-refractivity contribution in [3.05, 3.63) is 26.6 Å². The van der Waals surface area contributed by atoms with Crippen molar-refractivity contribution in [2.24, 2.45) is 0 Å². The van der Waals surface area contributed by atoms with Crippen LogP contribution >= 0.6 is 31.9 Å². The van der Waals surface area contributed by atoms with Crippen LogP contribution in [-0.4, -0.2) is 43.6 Å². The quantitative estimate of drug-likeness (QED) is 0.794. The van der Waals surface area contributed by atoms with Crippen molar-refractivity contribution in [2.45, 2.75) is 25.8 Å². The number of rotatable bonds is 5. The summed E-state index contributed by atoms with van der Waals surface area (Å²) in [5, 5.41) is 3.03. The van der Waals surface area contributed by atoms with Crippen LogP contribution in [0.5, 0.6) is 5.75 Å². The summed E-state index contributed by atoms with van der Waals surface area (Å²) in [4.78, 5) is 14.8. The van der Waals surface area contributed by atoms with Crippen LogP contribution in [0.2, 0.25) is 0 Å². The summed E-state index contributed by atoms with van der Waals surface area (Å²) in [6.45, 7) is 5.00. The Balaban J connectivity index is 2.07. The van der Waals surface area contributed by atoms with Crippen LogP contribution in [0.25, 0.3) is 0 Å². The highest BCUT2D eigenvalue weighted by atomic mass is 79.9. The molecule has 6 heteroatoms. The first kappa shape index (κ1) is 16.8. The zero-order chi connectivity index (χ0) is 15.4. The highest BCUT2D eigenvalue weighted by molar-refractivity contribution is 9.11. The highest BCUT2D eigenvalue weighted by Crippen LogP contribution is 2.32. The van der Waals surface area contributed by atoms with Crippen LogP contribution in [0.3, 0.4) is 0 Å². The Morgan fingerprint density at radius 2 is 2.24 bits per heavy atom. The number of amides is 1. The van der Waals surface area contributed by atoms with Gasteiger partial charge in [-0.15, -0.1) is 0 Å². The second-order valence-corrected chi connectivity index (χ2v) is 6.87. The summed E-state index contributed by atoms with van der Waals surface area (Å²) in [7, 11) is 1.57. The van der Waals surface area contributed by atoms with Gasteiger partial charge in [-0.1, -0.05) is 22.9 Å². The maximum Gasteiger partial charge on any atom is 0.255 e. The van der Waals surface area contributed by atoms with Gasteiger partial charge >= 0.3 is 0 Å². The molecule has 1 aliphatic rings. The van der Waals surface area contributed by atoms with Crippen LogP contribution in [0, 0.1) is 0 Å². The van der Waals surface area contributed by atoms with E-state index in [0.29, 0.717) is 23.9 Å². The third-order valence-corrected chi connectivity index (χ3v) is 4.91. The minimum Gasteiger partial charge on any atom is -0.495 e. The number of hydrogen-bond acceptors (Lipinski definition) is 3. The molecule has 2 rings (SSSR count). The predicted molar refractivity (Wildman–Crippen MR) is 91.0 cm³/mol. The Hall–Kier alpha value is -0.590. The molecular formula is C15H20Br2N2O2. The van der Waals surface area contributed by atoms with E-state index in [0.717, 1.165) is 28.5 Å². The lowest BCUT2D eigenvalue weighted by molar-refractivity contribution is 0.0938. The molecule has 1 saturated heterocycles. The molecule has 0 radical (unpaired) electrons. The standard InChI is InChI=1S/C15H20Br2N2O2/c1-3-19-6-4-5-11(19)9-18-15(20)12-7-10(16)8-13(17)14(12)21-2/h7-8,11H,3-6,9H2,1-2H3,(H,18,20). The SMILES string of the molecule is CCN1CCCC1CNC(=O)c1cc(Br)cc(Br)c1OC. The van der Waals surface area contributed by atoms with Gasteiger partial charge in [0.25, 0.3) is 5.91 Å². The van der Waals surface area contributed by atoms with Gasteiger partial charge in [0.2, 0.25) is 0 Å². The molecule has 0 saturated carbocycles. The highest BCUT2D eigenvalue weighted by Gasteiger charge is 2.24. The summed E-state index contributed by atoms with van der Waals surface area (Å²) in [5.74, 6) is 0.464. The summed E-state index contributed by atoms with van der Waals surface area (Å²) in [6, 6.07) is 4.09. The first-order valence-electron chi connectivity index (χ1n) is 7.12. The van der Waals surface area contributed by atoms with E-state index in [4.69, 9.17) is 4.74 Å². The van der Waals surface area contributed by atoms with Gasteiger partial charge in [0.15, 0.2) is 0 Å². The molecule has 1 aromatic rings. The number of benzene rings is 1. The molecular weight excluding hydrogens is 400 g/mol. The van der Waals surface area contributed by atoms with Crippen molar-refractivity contribution >= 4 is 37.8 Å². The monoisotopic (exact) mass is 418 g/mol. The fraction of sp³-hybridized carbons (Fsp3) is 0.533. The van der Waals surface area contributed by atoms with Gasteiger partial charge in [0, 0.05) is 17.1 Å². The summed E-state index contributed by atoms with van der Waals surface area (Å²) in [5.41, 5.74) is 0.541. The Morgan fingerprint density at radius 3 is 2.90 bits per heavy atom. The Labute approximate surface area is 142 Å². The van der Waals surface area contributed by atoms with Crippen LogP contribution in [-0.2, 0) is 0 Å². The van der Waals surface area contributed by atoms with E-state index in [1.165, 1.54) is 6.42 Å². The Kier molecular flexibility index (Phi) is 6.08. The van der Waals surface area contributed by atoms with Crippen molar-refractivity contribution in [3.8, 4) is 5.75 Å². The van der Waals surface area contributed by atoms with Gasteiger partial charge in [-0.05, 0) is 54.0 Å². The average Bonchev–Trinajstić information content (AvgIpc) is 2.91. The molecule has 1 amide bonds.